The van der Waals surface area contributed by atoms with Crippen LogP contribution in [0.25, 0.3) is 21.5 Å². The quantitative estimate of drug-likeness (QED) is 0.347. The molecule has 4 rings (SSSR count). The number of nitrogens with one attached hydrogen (secondary N) is 2. The van der Waals surface area contributed by atoms with Crippen molar-refractivity contribution in [1.29, 1.82) is 0 Å². The number of para-hydroxylation sites is 1. The SMILES string of the molecule is CCOC(=O)c1cccc(NC(=O)NCc2c(-c3cccs3)n(CC)c3ccccc23)c1. The number of nitrogens with zero attached hydrogens (tertiary/aromatic N) is 1. The van der Waals surface area contributed by atoms with Crippen LogP contribution in [-0.2, 0) is 17.8 Å². The average molecular weight is 448 g/mol. The Hall–Kier alpha value is -3.58. The fourth-order valence-electron chi connectivity index (χ4n) is 3.86. The molecule has 0 fully saturated rings. The van der Waals surface area contributed by atoms with E-state index in [0.717, 1.165) is 28.7 Å². The minimum absolute atomic E-state index is 0.301. The Morgan fingerprint density at radius 1 is 1.03 bits per heavy atom. The summed E-state index contributed by atoms with van der Waals surface area (Å²) in [6, 6.07) is 18.8. The second-order valence-electron chi connectivity index (χ2n) is 7.17. The molecule has 2 aromatic heterocycles. The van der Waals surface area contributed by atoms with Crippen LogP contribution in [-0.4, -0.2) is 23.2 Å². The third-order valence-corrected chi connectivity index (χ3v) is 6.08. The predicted octanol–water partition coefficient (Wildman–Crippen LogP) is 5.89. The van der Waals surface area contributed by atoms with Gasteiger partial charge in [0.25, 0.3) is 0 Å². The number of ether oxygens (including phenoxy) is 1. The summed E-state index contributed by atoms with van der Waals surface area (Å²) in [7, 11) is 0. The van der Waals surface area contributed by atoms with Gasteiger partial charge in [0.15, 0.2) is 0 Å². The topological polar surface area (TPSA) is 72.4 Å². The fraction of sp³-hybridized carbons (Fsp3) is 0.200. The van der Waals surface area contributed by atoms with Crippen molar-refractivity contribution in [3.63, 3.8) is 0 Å². The first-order chi connectivity index (χ1) is 15.6. The van der Waals surface area contributed by atoms with E-state index in [1.165, 1.54) is 4.88 Å². The number of rotatable bonds is 7. The van der Waals surface area contributed by atoms with Crippen molar-refractivity contribution in [2.75, 3.05) is 11.9 Å². The molecule has 0 spiro atoms. The minimum atomic E-state index is -0.412. The van der Waals surface area contributed by atoms with Gasteiger partial charge >= 0.3 is 12.0 Å². The van der Waals surface area contributed by atoms with Gasteiger partial charge in [-0.25, -0.2) is 9.59 Å². The molecule has 0 aliphatic carbocycles. The first-order valence-electron chi connectivity index (χ1n) is 10.6. The number of hydrogen-bond acceptors (Lipinski definition) is 4. The molecule has 0 unspecified atom stereocenters. The molecule has 32 heavy (non-hydrogen) atoms. The molecule has 0 saturated carbocycles. The first kappa shape index (κ1) is 21.6. The van der Waals surface area contributed by atoms with Crippen molar-refractivity contribution in [2.45, 2.75) is 26.9 Å². The number of anilines is 1. The molecule has 2 amide bonds. The van der Waals surface area contributed by atoms with Gasteiger partial charge in [0, 0.05) is 35.2 Å². The van der Waals surface area contributed by atoms with Crippen LogP contribution < -0.4 is 10.6 Å². The lowest BCUT2D eigenvalue weighted by molar-refractivity contribution is 0.0526. The zero-order valence-corrected chi connectivity index (χ0v) is 18.9. The Balaban J connectivity index is 1.56. The molecule has 4 aromatic rings. The zero-order chi connectivity index (χ0) is 22.5. The molecule has 0 aliphatic rings. The second kappa shape index (κ2) is 9.70. The molecule has 0 aliphatic heterocycles. The lowest BCUT2D eigenvalue weighted by Crippen LogP contribution is -2.28. The van der Waals surface area contributed by atoms with Crippen LogP contribution in [0.1, 0.15) is 29.8 Å². The number of carbonyl (C=O) groups excluding carboxylic acids is 2. The fourth-order valence-corrected chi connectivity index (χ4v) is 4.67. The van der Waals surface area contributed by atoms with Crippen LogP contribution in [0.15, 0.2) is 66.0 Å². The standard InChI is InChI=1S/C25H25N3O3S/c1-3-28-21-12-6-5-11-19(21)20(23(28)22-13-8-14-32-22)16-26-25(30)27-18-10-7-9-17(15-18)24(29)31-4-2/h5-15H,3-4,16H2,1-2H3,(H2,26,27,30). The van der Waals surface area contributed by atoms with Gasteiger partial charge < -0.3 is 19.9 Å². The molecule has 2 heterocycles. The largest absolute Gasteiger partial charge is 0.462 e. The summed E-state index contributed by atoms with van der Waals surface area (Å²) in [6.07, 6.45) is 0. The van der Waals surface area contributed by atoms with Crippen molar-refractivity contribution in [3.8, 4) is 10.6 Å². The van der Waals surface area contributed by atoms with Gasteiger partial charge in [0.2, 0.25) is 0 Å². The predicted molar refractivity (Wildman–Crippen MR) is 129 cm³/mol. The number of esters is 1. The summed E-state index contributed by atoms with van der Waals surface area (Å²) < 4.78 is 7.32. The van der Waals surface area contributed by atoms with Gasteiger partial charge in [-0.2, -0.15) is 0 Å². The Bertz CT molecular complexity index is 1240. The first-order valence-corrected chi connectivity index (χ1v) is 11.5. The summed E-state index contributed by atoms with van der Waals surface area (Å²) in [5.74, 6) is -0.412. The van der Waals surface area contributed by atoms with Gasteiger partial charge in [-0.3, -0.25) is 0 Å². The molecule has 0 saturated heterocycles. The van der Waals surface area contributed by atoms with E-state index in [4.69, 9.17) is 4.74 Å². The summed E-state index contributed by atoms with van der Waals surface area (Å²) in [6.45, 7) is 5.40. The van der Waals surface area contributed by atoms with E-state index in [9.17, 15) is 9.59 Å². The average Bonchev–Trinajstić information content (AvgIpc) is 3.44. The van der Waals surface area contributed by atoms with Crippen molar-refractivity contribution < 1.29 is 14.3 Å². The number of carbonyl (C=O) groups is 2. The highest BCUT2D eigenvalue weighted by atomic mass is 32.1. The summed E-state index contributed by atoms with van der Waals surface area (Å²) in [5.41, 5.74) is 4.30. The maximum absolute atomic E-state index is 12.7. The smallest absolute Gasteiger partial charge is 0.338 e. The monoisotopic (exact) mass is 447 g/mol. The number of aryl methyl sites for hydroxylation is 1. The lowest BCUT2D eigenvalue weighted by atomic mass is 10.1. The van der Waals surface area contributed by atoms with E-state index in [0.29, 0.717) is 24.4 Å². The molecular formula is C25H25N3O3S. The Kier molecular flexibility index (Phi) is 6.56. The van der Waals surface area contributed by atoms with Crippen molar-refractivity contribution in [2.24, 2.45) is 0 Å². The third kappa shape index (κ3) is 4.38. The number of fused-ring (bicyclic) bond motifs is 1. The van der Waals surface area contributed by atoms with Gasteiger partial charge in [0.05, 0.1) is 22.7 Å². The highest BCUT2D eigenvalue weighted by Gasteiger charge is 2.19. The highest BCUT2D eigenvalue weighted by molar-refractivity contribution is 7.13. The van der Waals surface area contributed by atoms with E-state index < -0.39 is 5.97 Å². The van der Waals surface area contributed by atoms with Gasteiger partial charge in [-0.05, 0) is 49.6 Å². The van der Waals surface area contributed by atoms with E-state index in [2.05, 4.69) is 45.7 Å². The van der Waals surface area contributed by atoms with Gasteiger partial charge in [-0.15, -0.1) is 11.3 Å². The lowest BCUT2D eigenvalue weighted by Gasteiger charge is -2.11. The third-order valence-electron chi connectivity index (χ3n) is 5.20. The molecule has 7 heteroatoms. The van der Waals surface area contributed by atoms with E-state index in [1.807, 2.05) is 18.2 Å². The van der Waals surface area contributed by atoms with Crippen LogP contribution in [0.2, 0.25) is 0 Å². The van der Waals surface area contributed by atoms with Crippen molar-refractivity contribution in [1.82, 2.24) is 9.88 Å². The minimum Gasteiger partial charge on any atom is -0.462 e. The van der Waals surface area contributed by atoms with Crippen molar-refractivity contribution in [3.05, 3.63) is 77.2 Å². The second-order valence-corrected chi connectivity index (χ2v) is 8.12. The highest BCUT2D eigenvalue weighted by Crippen LogP contribution is 2.36. The molecule has 0 radical (unpaired) electrons. The van der Waals surface area contributed by atoms with Crippen LogP contribution in [0.4, 0.5) is 10.5 Å². The van der Waals surface area contributed by atoms with Crippen LogP contribution in [0.5, 0.6) is 0 Å². The number of urea groups is 1. The normalized spacial score (nSPS) is 10.8. The maximum Gasteiger partial charge on any atom is 0.338 e. The van der Waals surface area contributed by atoms with Crippen LogP contribution in [0.3, 0.4) is 0 Å². The number of benzene rings is 2. The molecule has 164 valence electrons. The number of amides is 2. The summed E-state index contributed by atoms with van der Waals surface area (Å²) >= 11 is 1.69. The van der Waals surface area contributed by atoms with Crippen LogP contribution in [0, 0.1) is 0 Å². The zero-order valence-electron chi connectivity index (χ0n) is 18.1. The van der Waals surface area contributed by atoms with Gasteiger partial charge in [0.1, 0.15) is 0 Å². The van der Waals surface area contributed by atoms with Crippen molar-refractivity contribution >= 4 is 39.9 Å². The molecule has 0 bridgehead atoms. The van der Waals surface area contributed by atoms with E-state index in [-0.39, 0.29) is 6.03 Å². The number of hydrogen-bond donors (Lipinski definition) is 2. The summed E-state index contributed by atoms with van der Waals surface area (Å²) in [5, 5.41) is 8.98. The molecule has 0 atom stereocenters. The van der Waals surface area contributed by atoms with E-state index in [1.54, 1.807) is 42.5 Å². The summed E-state index contributed by atoms with van der Waals surface area (Å²) in [4.78, 5) is 25.8. The molecule has 6 nitrogen and oxygen atoms in total. The maximum atomic E-state index is 12.7. The molecular weight excluding hydrogens is 422 g/mol. The van der Waals surface area contributed by atoms with Crippen LogP contribution >= 0.6 is 11.3 Å². The Labute approximate surface area is 190 Å². The Morgan fingerprint density at radius 2 is 1.88 bits per heavy atom. The Morgan fingerprint density at radius 3 is 2.62 bits per heavy atom. The number of thiophene rings is 1. The van der Waals surface area contributed by atoms with Gasteiger partial charge in [-0.1, -0.05) is 30.3 Å². The molecule has 2 N–H and O–H groups in total. The molecule has 2 aromatic carbocycles. The van der Waals surface area contributed by atoms with E-state index >= 15 is 0 Å². The number of aromatic nitrogens is 1.